The number of rotatable bonds is 5. The van der Waals surface area contributed by atoms with Crippen LogP contribution in [0.15, 0.2) is 29.3 Å². The summed E-state index contributed by atoms with van der Waals surface area (Å²) in [5, 5.41) is 4.29. The predicted molar refractivity (Wildman–Crippen MR) is 135 cm³/mol. The van der Waals surface area contributed by atoms with Crippen molar-refractivity contribution >= 4 is 47.4 Å². The highest BCUT2D eigenvalue weighted by Gasteiger charge is 2.23. The number of guanidine groups is 1. The molecule has 0 radical (unpaired) electrons. The number of carbonyl (C=O) groups excluding carboxylic acids is 1. The van der Waals surface area contributed by atoms with Gasteiger partial charge in [-0.15, -0.1) is 24.0 Å². The van der Waals surface area contributed by atoms with E-state index in [0.29, 0.717) is 5.92 Å². The minimum atomic E-state index is 0. The molecule has 0 atom stereocenters. The minimum Gasteiger partial charge on any atom is -0.357 e. The summed E-state index contributed by atoms with van der Waals surface area (Å²) in [7, 11) is 0. The maximum Gasteiger partial charge on any atom is 0.219 e. The maximum absolute atomic E-state index is 11.5. The number of hydrogen-bond acceptors (Lipinski definition) is 3. The van der Waals surface area contributed by atoms with Crippen molar-refractivity contribution in [3.63, 3.8) is 0 Å². The number of halogens is 2. The average molecular weight is 548 g/mol. The summed E-state index contributed by atoms with van der Waals surface area (Å²) in [4.78, 5) is 23.2. The fourth-order valence-electron chi connectivity index (χ4n) is 4.07. The molecule has 2 aliphatic heterocycles. The molecule has 2 fully saturated rings. The molecule has 0 bridgehead atoms. The summed E-state index contributed by atoms with van der Waals surface area (Å²) in [6, 6.07) is 8.13. The van der Waals surface area contributed by atoms with Gasteiger partial charge in [-0.2, -0.15) is 0 Å². The van der Waals surface area contributed by atoms with E-state index in [0.717, 1.165) is 69.9 Å². The van der Waals surface area contributed by atoms with Crippen molar-refractivity contribution < 1.29 is 4.79 Å². The van der Waals surface area contributed by atoms with Gasteiger partial charge >= 0.3 is 0 Å². The SMILES string of the molecule is CCNC(=NCC1CCN(Cc2ccccc2Cl)CC1)N1CCN(C(C)=O)CC1.I. The number of nitrogens with zero attached hydrogens (tertiary/aromatic N) is 4. The second kappa shape index (κ2) is 12.7. The quantitative estimate of drug-likeness (QED) is 0.349. The van der Waals surface area contributed by atoms with Gasteiger partial charge in [0, 0.05) is 57.8 Å². The molecule has 0 saturated carbocycles. The lowest BCUT2D eigenvalue weighted by atomic mass is 9.96. The first kappa shape index (κ1) is 25.2. The molecule has 6 nitrogen and oxygen atoms in total. The molecule has 0 aromatic heterocycles. The number of piperazine rings is 1. The predicted octanol–water partition coefficient (Wildman–Crippen LogP) is 3.30. The first-order valence-electron chi connectivity index (χ1n) is 10.8. The summed E-state index contributed by atoms with van der Waals surface area (Å²) < 4.78 is 0. The number of piperidine rings is 1. The Hall–Kier alpha value is -1.06. The Kier molecular flexibility index (Phi) is 10.7. The molecule has 2 heterocycles. The van der Waals surface area contributed by atoms with Crippen molar-refractivity contribution in [1.82, 2.24) is 20.0 Å². The molecule has 1 amide bonds. The van der Waals surface area contributed by atoms with Crippen LogP contribution < -0.4 is 5.32 Å². The number of amides is 1. The molecule has 3 rings (SSSR count). The van der Waals surface area contributed by atoms with Gasteiger partial charge in [-0.3, -0.25) is 14.7 Å². The van der Waals surface area contributed by atoms with E-state index < -0.39 is 0 Å². The van der Waals surface area contributed by atoms with Crippen LogP contribution in [0.4, 0.5) is 0 Å². The zero-order chi connectivity index (χ0) is 20.6. The number of hydrogen-bond donors (Lipinski definition) is 1. The van der Waals surface area contributed by atoms with Gasteiger partial charge < -0.3 is 15.1 Å². The molecule has 168 valence electrons. The van der Waals surface area contributed by atoms with E-state index in [1.165, 1.54) is 18.4 Å². The van der Waals surface area contributed by atoms with Crippen LogP contribution >= 0.6 is 35.6 Å². The van der Waals surface area contributed by atoms with Crippen molar-refractivity contribution in [2.24, 2.45) is 10.9 Å². The van der Waals surface area contributed by atoms with Crippen molar-refractivity contribution in [3.8, 4) is 0 Å². The van der Waals surface area contributed by atoms with Crippen LogP contribution in [0.5, 0.6) is 0 Å². The van der Waals surface area contributed by atoms with Gasteiger partial charge in [-0.05, 0) is 50.4 Å². The van der Waals surface area contributed by atoms with E-state index >= 15 is 0 Å². The van der Waals surface area contributed by atoms with E-state index in [2.05, 4.69) is 34.2 Å². The highest BCUT2D eigenvalue weighted by atomic mass is 127. The normalized spacial score (nSPS) is 18.8. The molecule has 8 heteroatoms. The second-order valence-corrected chi connectivity index (χ2v) is 8.41. The van der Waals surface area contributed by atoms with E-state index in [1.807, 2.05) is 17.0 Å². The smallest absolute Gasteiger partial charge is 0.219 e. The zero-order valence-corrected chi connectivity index (χ0v) is 21.2. The van der Waals surface area contributed by atoms with Crippen molar-refractivity contribution in [3.05, 3.63) is 34.9 Å². The van der Waals surface area contributed by atoms with E-state index in [4.69, 9.17) is 16.6 Å². The van der Waals surface area contributed by atoms with Crippen LogP contribution in [0.3, 0.4) is 0 Å². The molecule has 30 heavy (non-hydrogen) atoms. The Labute approximate surface area is 203 Å². The first-order valence-corrected chi connectivity index (χ1v) is 11.2. The first-order chi connectivity index (χ1) is 14.1. The van der Waals surface area contributed by atoms with Gasteiger partial charge in [0.15, 0.2) is 5.96 Å². The molecule has 2 saturated heterocycles. The molecule has 0 unspecified atom stereocenters. The van der Waals surface area contributed by atoms with Gasteiger partial charge in [0.05, 0.1) is 0 Å². The Bertz CT molecular complexity index is 701. The van der Waals surface area contributed by atoms with E-state index in [-0.39, 0.29) is 29.9 Å². The summed E-state index contributed by atoms with van der Waals surface area (Å²) in [5.74, 6) is 1.79. The third-order valence-electron chi connectivity index (χ3n) is 5.92. The molecule has 0 spiro atoms. The summed E-state index contributed by atoms with van der Waals surface area (Å²) in [6.45, 7) is 11.9. The highest BCUT2D eigenvalue weighted by molar-refractivity contribution is 14.0. The summed E-state index contributed by atoms with van der Waals surface area (Å²) >= 11 is 6.31. The largest absolute Gasteiger partial charge is 0.357 e. The van der Waals surface area contributed by atoms with Crippen LogP contribution in [0, 0.1) is 5.92 Å². The van der Waals surface area contributed by atoms with Gasteiger partial charge in [-0.25, -0.2) is 0 Å². The van der Waals surface area contributed by atoms with Crippen molar-refractivity contribution in [2.75, 3.05) is 52.4 Å². The summed E-state index contributed by atoms with van der Waals surface area (Å²) in [5.41, 5.74) is 1.21. The lowest BCUT2D eigenvalue weighted by molar-refractivity contribution is -0.130. The van der Waals surface area contributed by atoms with Crippen molar-refractivity contribution in [1.29, 1.82) is 0 Å². The fourth-order valence-corrected chi connectivity index (χ4v) is 4.26. The second-order valence-electron chi connectivity index (χ2n) is 8.00. The molecule has 1 aromatic carbocycles. The Balaban J connectivity index is 0.00000320. The topological polar surface area (TPSA) is 51.2 Å². The standard InChI is InChI=1S/C22H34ClN5O.HI/c1-3-24-22(28-14-12-27(13-15-28)18(2)29)25-16-19-8-10-26(11-9-19)17-20-6-4-5-7-21(20)23;/h4-7,19H,3,8-17H2,1-2H3,(H,24,25);1H. The Morgan fingerprint density at radius 3 is 2.33 bits per heavy atom. The molecule has 2 aliphatic rings. The van der Waals surface area contributed by atoms with Gasteiger partial charge in [0.2, 0.25) is 5.91 Å². The number of aliphatic imine (C=N–C) groups is 1. The van der Waals surface area contributed by atoms with Crippen LogP contribution in [0.1, 0.15) is 32.3 Å². The number of likely N-dealkylation sites (tertiary alicyclic amines) is 1. The number of benzene rings is 1. The zero-order valence-electron chi connectivity index (χ0n) is 18.1. The van der Waals surface area contributed by atoms with Gasteiger partial charge in [0.25, 0.3) is 0 Å². The number of carbonyl (C=O) groups is 1. The molecular weight excluding hydrogens is 513 g/mol. The highest BCUT2D eigenvalue weighted by Crippen LogP contribution is 2.22. The van der Waals surface area contributed by atoms with Gasteiger partial charge in [0.1, 0.15) is 0 Å². The molecule has 0 aliphatic carbocycles. The Morgan fingerprint density at radius 2 is 1.73 bits per heavy atom. The number of nitrogens with one attached hydrogen (secondary N) is 1. The summed E-state index contributed by atoms with van der Waals surface area (Å²) in [6.07, 6.45) is 2.34. The van der Waals surface area contributed by atoms with Crippen LogP contribution in [0.25, 0.3) is 0 Å². The maximum atomic E-state index is 11.5. The third-order valence-corrected chi connectivity index (χ3v) is 6.29. The fraction of sp³-hybridized carbons (Fsp3) is 0.636. The van der Waals surface area contributed by atoms with Crippen molar-refractivity contribution in [2.45, 2.75) is 33.2 Å². The molecule has 1 N–H and O–H groups in total. The monoisotopic (exact) mass is 547 g/mol. The minimum absolute atomic E-state index is 0. The average Bonchev–Trinajstić information content (AvgIpc) is 2.74. The van der Waals surface area contributed by atoms with Crippen LogP contribution in [-0.4, -0.2) is 78.9 Å². The van der Waals surface area contributed by atoms with Crippen LogP contribution in [-0.2, 0) is 11.3 Å². The molecule has 1 aromatic rings. The van der Waals surface area contributed by atoms with Gasteiger partial charge in [-0.1, -0.05) is 29.8 Å². The lowest BCUT2D eigenvalue weighted by Crippen LogP contribution is -2.53. The van der Waals surface area contributed by atoms with Crippen LogP contribution in [0.2, 0.25) is 5.02 Å². The lowest BCUT2D eigenvalue weighted by Gasteiger charge is -2.36. The third kappa shape index (κ3) is 7.27. The van der Waals surface area contributed by atoms with E-state index in [1.54, 1.807) is 6.92 Å². The molecular formula is C22H35ClIN5O. The Morgan fingerprint density at radius 1 is 1.10 bits per heavy atom. The van der Waals surface area contributed by atoms with E-state index in [9.17, 15) is 4.79 Å².